The van der Waals surface area contributed by atoms with Gasteiger partial charge >= 0.3 is 0 Å². The van der Waals surface area contributed by atoms with Gasteiger partial charge in [-0.15, -0.1) is 0 Å². The number of methoxy groups -OCH3 is 1. The minimum absolute atomic E-state index is 0.546. The lowest BCUT2D eigenvalue weighted by Gasteiger charge is -2.33. The predicted octanol–water partition coefficient (Wildman–Crippen LogP) is 2.73. The normalized spacial score (nSPS) is 16.6. The summed E-state index contributed by atoms with van der Waals surface area (Å²) in [7, 11) is 1.70. The molecule has 1 saturated heterocycles. The Balaban J connectivity index is 1.63. The van der Waals surface area contributed by atoms with Gasteiger partial charge in [-0.1, -0.05) is 0 Å². The highest BCUT2D eigenvalue weighted by Gasteiger charge is 2.20. The maximum absolute atomic E-state index is 5.19. The summed E-state index contributed by atoms with van der Waals surface area (Å²) in [4.78, 5) is 2.43. The number of rotatable bonds is 3. The molecule has 0 unspecified atom stereocenters. The van der Waals surface area contributed by atoms with Crippen molar-refractivity contribution in [3.63, 3.8) is 0 Å². The van der Waals surface area contributed by atoms with Crippen molar-refractivity contribution in [2.24, 2.45) is 0 Å². The van der Waals surface area contributed by atoms with Crippen LogP contribution in [0.4, 0.5) is 5.69 Å². The van der Waals surface area contributed by atoms with E-state index in [9.17, 15) is 0 Å². The van der Waals surface area contributed by atoms with Crippen LogP contribution in [0.5, 0.6) is 5.75 Å². The Labute approximate surface area is 113 Å². The van der Waals surface area contributed by atoms with Gasteiger partial charge in [0.05, 0.1) is 13.2 Å². The first-order chi connectivity index (χ1) is 9.36. The Bertz CT molecular complexity index is 499. The molecule has 1 aromatic carbocycles. The first-order valence-electron chi connectivity index (χ1n) is 6.75. The first-order valence-corrected chi connectivity index (χ1v) is 6.75. The standard InChI is InChI=1S/C15H19N3O/c1-19-15-5-3-13(4-6-15)17-11-7-14(8-12-17)18-10-2-9-16-18/h2-6,9-10,14H,7-8,11-12H2,1H3. The van der Waals surface area contributed by atoms with Crippen molar-refractivity contribution in [2.45, 2.75) is 18.9 Å². The maximum atomic E-state index is 5.19. The van der Waals surface area contributed by atoms with Gasteiger partial charge in [-0.25, -0.2) is 0 Å². The number of nitrogens with zero attached hydrogens (tertiary/aromatic N) is 3. The summed E-state index contributed by atoms with van der Waals surface area (Å²) in [5.74, 6) is 0.912. The number of hydrogen-bond donors (Lipinski definition) is 0. The predicted molar refractivity (Wildman–Crippen MR) is 75.7 cm³/mol. The summed E-state index contributed by atoms with van der Waals surface area (Å²) in [5.41, 5.74) is 1.28. The van der Waals surface area contributed by atoms with Crippen LogP contribution < -0.4 is 9.64 Å². The average molecular weight is 257 g/mol. The molecule has 2 aromatic rings. The summed E-state index contributed by atoms with van der Waals surface area (Å²) >= 11 is 0. The quantitative estimate of drug-likeness (QED) is 0.847. The molecule has 0 radical (unpaired) electrons. The summed E-state index contributed by atoms with van der Waals surface area (Å²) in [6.45, 7) is 2.16. The fourth-order valence-corrected chi connectivity index (χ4v) is 2.68. The number of aromatic nitrogens is 2. The molecule has 1 aliphatic heterocycles. The van der Waals surface area contributed by atoms with E-state index in [1.54, 1.807) is 7.11 Å². The number of ether oxygens (including phenoxy) is 1. The molecule has 100 valence electrons. The highest BCUT2D eigenvalue weighted by atomic mass is 16.5. The number of piperidine rings is 1. The van der Waals surface area contributed by atoms with Crippen LogP contribution in [-0.4, -0.2) is 30.0 Å². The second-order valence-corrected chi connectivity index (χ2v) is 4.90. The molecule has 0 spiro atoms. The van der Waals surface area contributed by atoms with Gasteiger partial charge in [0.1, 0.15) is 5.75 Å². The molecule has 4 heteroatoms. The van der Waals surface area contributed by atoms with E-state index in [4.69, 9.17) is 4.74 Å². The monoisotopic (exact) mass is 257 g/mol. The fraction of sp³-hybridized carbons (Fsp3) is 0.400. The van der Waals surface area contributed by atoms with Crippen LogP contribution in [0.25, 0.3) is 0 Å². The Kier molecular flexibility index (Phi) is 3.40. The molecule has 0 N–H and O–H groups in total. The smallest absolute Gasteiger partial charge is 0.119 e. The first kappa shape index (κ1) is 12.1. The second-order valence-electron chi connectivity index (χ2n) is 4.90. The van der Waals surface area contributed by atoms with Crippen LogP contribution >= 0.6 is 0 Å². The van der Waals surface area contributed by atoms with Gasteiger partial charge in [0, 0.05) is 31.2 Å². The molecule has 0 atom stereocenters. The third-order valence-electron chi connectivity index (χ3n) is 3.80. The molecule has 0 saturated carbocycles. The maximum Gasteiger partial charge on any atom is 0.119 e. The van der Waals surface area contributed by atoms with Gasteiger partial charge in [0.25, 0.3) is 0 Å². The van der Waals surface area contributed by atoms with Gasteiger partial charge in [-0.3, -0.25) is 4.68 Å². The van der Waals surface area contributed by atoms with Crippen LogP contribution in [0.15, 0.2) is 42.7 Å². The largest absolute Gasteiger partial charge is 0.497 e. The Morgan fingerprint density at radius 1 is 1.16 bits per heavy atom. The van der Waals surface area contributed by atoms with Crippen molar-refractivity contribution < 1.29 is 4.74 Å². The zero-order chi connectivity index (χ0) is 13.1. The molecule has 1 aliphatic rings. The molecule has 0 bridgehead atoms. The van der Waals surface area contributed by atoms with E-state index < -0.39 is 0 Å². The lowest BCUT2D eigenvalue weighted by Crippen LogP contribution is -2.34. The van der Waals surface area contributed by atoms with E-state index in [0.29, 0.717) is 6.04 Å². The summed E-state index contributed by atoms with van der Waals surface area (Å²) in [6.07, 6.45) is 6.21. The van der Waals surface area contributed by atoms with Gasteiger partial charge in [0.15, 0.2) is 0 Å². The van der Waals surface area contributed by atoms with E-state index in [1.807, 2.05) is 24.4 Å². The summed E-state index contributed by atoms with van der Waals surface area (Å²) in [6, 6.07) is 10.9. The molecule has 19 heavy (non-hydrogen) atoms. The molecular weight excluding hydrogens is 238 g/mol. The number of anilines is 1. The molecule has 0 aliphatic carbocycles. The number of benzene rings is 1. The average Bonchev–Trinajstić information content (AvgIpc) is 3.02. The molecule has 0 amide bonds. The van der Waals surface area contributed by atoms with Crippen LogP contribution in [0.2, 0.25) is 0 Å². The highest BCUT2D eigenvalue weighted by molar-refractivity contribution is 5.49. The zero-order valence-electron chi connectivity index (χ0n) is 11.2. The van der Waals surface area contributed by atoms with Crippen molar-refractivity contribution in [3.8, 4) is 5.75 Å². The van der Waals surface area contributed by atoms with Crippen molar-refractivity contribution >= 4 is 5.69 Å². The van der Waals surface area contributed by atoms with Crippen LogP contribution in [-0.2, 0) is 0 Å². The summed E-state index contributed by atoms with van der Waals surface area (Å²) < 4.78 is 7.28. The fourth-order valence-electron chi connectivity index (χ4n) is 2.68. The SMILES string of the molecule is COc1ccc(N2CCC(n3cccn3)CC2)cc1. The minimum atomic E-state index is 0.546. The number of hydrogen-bond acceptors (Lipinski definition) is 3. The zero-order valence-corrected chi connectivity index (χ0v) is 11.2. The highest BCUT2D eigenvalue weighted by Crippen LogP contribution is 2.27. The van der Waals surface area contributed by atoms with E-state index in [-0.39, 0.29) is 0 Å². The van der Waals surface area contributed by atoms with Crippen molar-refractivity contribution in [1.82, 2.24) is 9.78 Å². The van der Waals surface area contributed by atoms with Crippen LogP contribution in [0.3, 0.4) is 0 Å². The van der Waals surface area contributed by atoms with E-state index in [2.05, 4.69) is 33.0 Å². The molecule has 4 nitrogen and oxygen atoms in total. The van der Waals surface area contributed by atoms with Gasteiger partial charge in [0.2, 0.25) is 0 Å². The van der Waals surface area contributed by atoms with Crippen molar-refractivity contribution in [2.75, 3.05) is 25.1 Å². The second kappa shape index (κ2) is 5.34. The van der Waals surface area contributed by atoms with E-state index in [0.717, 1.165) is 31.7 Å². The summed E-state index contributed by atoms with van der Waals surface area (Å²) in [5, 5.41) is 4.34. The molecular formula is C15H19N3O. The van der Waals surface area contributed by atoms with Crippen LogP contribution in [0, 0.1) is 0 Å². The Hall–Kier alpha value is -1.97. The van der Waals surface area contributed by atoms with Crippen molar-refractivity contribution in [3.05, 3.63) is 42.7 Å². The van der Waals surface area contributed by atoms with Gasteiger partial charge < -0.3 is 9.64 Å². The van der Waals surface area contributed by atoms with E-state index >= 15 is 0 Å². The van der Waals surface area contributed by atoms with E-state index in [1.165, 1.54) is 5.69 Å². The molecule has 1 aromatic heterocycles. The van der Waals surface area contributed by atoms with Crippen LogP contribution in [0.1, 0.15) is 18.9 Å². The van der Waals surface area contributed by atoms with Gasteiger partial charge in [-0.05, 0) is 43.2 Å². The third kappa shape index (κ3) is 2.57. The Morgan fingerprint density at radius 2 is 1.89 bits per heavy atom. The molecule has 3 rings (SSSR count). The topological polar surface area (TPSA) is 30.3 Å². The molecule has 1 fully saturated rings. The Morgan fingerprint density at radius 3 is 2.47 bits per heavy atom. The molecule has 2 heterocycles. The van der Waals surface area contributed by atoms with Crippen molar-refractivity contribution in [1.29, 1.82) is 0 Å². The minimum Gasteiger partial charge on any atom is -0.497 e. The van der Waals surface area contributed by atoms with Gasteiger partial charge in [-0.2, -0.15) is 5.10 Å². The lowest BCUT2D eigenvalue weighted by atomic mass is 10.0. The third-order valence-corrected chi connectivity index (χ3v) is 3.80. The lowest BCUT2D eigenvalue weighted by molar-refractivity contribution is 0.367.